The van der Waals surface area contributed by atoms with E-state index in [4.69, 9.17) is 0 Å². The van der Waals surface area contributed by atoms with Crippen molar-refractivity contribution in [2.24, 2.45) is 0 Å². The normalized spacial score (nSPS) is 11.0. The Kier molecular flexibility index (Phi) is 1.62. The summed E-state index contributed by atoms with van der Waals surface area (Å²) in [6.45, 7) is 2.08. The summed E-state index contributed by atoms with van der Waals surface area (Å²) in [7, 11) is 0. The summed E-state index contributed by atoms with van der Waals surface area (Å²) in [5, 5.41) is 15.1. The number of hydrogen-bond acceptors (Lipinski definition) is 2. The largest absolute Gasteiger partial charge is 0.278 e. The fourth-order valence-electron chi connectivity index (χ4n) is 1.80. The number of rotatable bonds is 1. The van der Waals surface area contributed by atoms with Crippen LogP contribution in [0.5, 0.6) is 0 Å². The fraction of sp³-hybridized carbons (Fsp3) is 0.0909. The van der Waals surface area contributed by atoms with Crippen molar-refractivity contribution in [2.45, 2.75) is 6.92 Å². The van der Waals surface area contributed by atoms with Crippen LogP contribution in [0, 0.1) is 6.92 Å². The van der Waals surface area contributed by atoms with Gasteiger partial charge in [-0.25, -0.2) is 0 Å². The Bertz CT molecular complexity index is 592. The van der Waals surface area contributed by atoms with Gasteiger partial charge in [0.2, 0.25) is 0 Å². The molecule has 1 aromatic carbocycles. The van der Waals surface area contributed by atoms with Crippen LogP contribution in [0.2, 0.25) is 0 Å². The second-order valence-electron chi connectivity index (χ2n) is 3.59. The number of nitrogens with zero attached hydrogens (tertiary/aromatic N) is 2. The van der Waals surface area contributed by atoms with Gasteiger partial charge in [0.25, 0.3) is 0 Å². The van der Waals surface area contributed by atoms with E-state index in [1.54, 1.807) is 6.20 Å². The van der Waals surface area contributed by atoms with Gasteiger partial charge in [0.15, 0.2) is 0 Å². The van der Waals surface area contributed by atoms with E-state index in [0.717, 1.165) is 16.8 Å². The lowest BCUT2D eigenvalue weighted by Crippen LogP contribution is -1.82. The minimum Gasteiger partial charge on any atom is -0.278 e. The van der Waals surface area contributed by atoms with Gasteiger partial charge in [0.05, 0.1) is 17.4 Å². The molecule has 0 radical (unpaired) electrons. The molecule has 0 fully saturated rings. The van der Waals surface area contributed by atoms with Crippen molar-refractivity contribution < 1.29 is 0 Å². The monoisotopic (exact) mass is 198 g/mol. The van der Waals surface area contributed by atoms with Crippen molar-refractivity contribution >= 4 is 10.9 Å². The maximum absolute atomic E-state index is 4.03. The number of aromatic amines is 2. The molecule has 0 aliphatic rings. The van der Waals surface area contributed by atoms with E-state index in [2.05, 4.69) is 39.5 Å². The zero-order valence-corrected chi connectivity index (χ0v) is 8.28. The van der Waals surface area contributed by atoms with E-state index in [0.29, 0.717) is 0 Å². The molecule has 0 atom stereocenters. The molecule has 0 unspecified atom stereocenters. The molecular weight excluding hydrogens is 188 g/mol. The first-order chi connectivity index (χ1) is 7.34. The molecule has 3 aromatic rings. The third-order valence-corrected chi connectivity index (χ3v) is 2.58. The fourth-order valence-corrected chi connectivity index (χ4v) is 1.80. The molecule has 74 valence electrons. The first kappa shape index (κ1) is 8.23. The molecule has 0 bridgehead atoms. The van der Waals surface area contributed by atoms with E-state index >= 15 is 0 Å². The van der Waals surface area contributed by atoms with Gasteiger partial charge in [0, 0.05) is 17.1 Å². The first-order valence-corrected chi connectivity index (χ1v) is 4.78. The van der Waals surface area contributed by atoms with Gasteiger partial charge in [-0.3, -0.25) is 10.2 Å². The van der Waals surface area contributed by atoms with Crippen molar-refractivity contribution in [2.75, 3.05) is 0 Å². The molecule has 4 nitrogen and oxygen atoms in total. The molecule has 4 heteroatoms. The van der Waals surface area contributed by atoms with E-state index in [1.165, 1.54) is 10.9 Å². The highest BCUT2D eigenvalue weighted by atomic mass is 15.1. The number of H-pyrrole nitrogens is 2. The maximum atomic E-state index is 4.03. The van der Waals surface area contributed by atoms with Crippen LogP contribution in [0.15, 0.2) is 30.6 Å². The Labute approximate surface area is 86.3 Å². The Morgan fingerprint density at radius 3 is 2.87 bits per heavy atom. The highest BCUT2D eigenvalue weighted by molar-refractivity contribution is 5.86. The van der Waals surface area contributed by atoms with Gasteiger partial charge in [0.1, 0.15) is 0 Å². The zero-order chi connectivity index (χ0) is 10.3. The Balaban J connectivity index is 2.29. The number of aryl methyl sites for hydroxylation is 1. The predicted molar refractivity (Wildman–Crippen MR) is 58.4 cm³/mol. The summed E-state index contributed by atoms with van der Waals surface area (Å²) in [5.41, 5.74) is 4.42. The van der Waals surface area contributed by atoms with E-state index in [-0.39, 0.29) is 0 Å². The molecule has 15 heavy (non-hydrogen) atoms. The second-order valence-corrected chi connectivity index (χ2v) is 3.59. The van der Waals surface area contributed by atoms with Gasteiger partial charge < -0.3 is 0 Å². The number of benzene rings is 1. The molecule has 2 N–H and O–H groups in total. The standard InChI is InChI=1S/C11H10N4/c1-7-4-8(10-2-3-12-14-10)5-11-9(7)6-13-15-11/h2-6H,1H3,(H,12,14)(H,13,15). The van der Waals surface area contributed by atoms with Crippen LogP contribution in [0.3, 0.4) is 0 Å². The van der Waals surface area contributed by atoms with Crippen LogP contribution in [0.1, 0.15) is 5.56 Å². The second kappa shape index (κ2) is 2.95. The summed E-state index contributed by atoms with van der Waals surface area (Å²) in [6.07, 6.45) is 3.60. The number of fused-ring (bicyclic) bond motifs is 1. The topological polar surface area (TPSA) is 57.4 Å². The molecule has 0 saturated heterocycles. The minimum absolute atomic E-state index is 1.02. The molecular formula is C11H10N4. The van der Waals surface area contributed by atoms with Crippen LogP contribution < -0.4 is 0 Å². The highest BCUT2D eigenvalue weighted by Crippen LogP contribution is 2.24. The molecule has 0 saturated carbocycles. The summed E-state index contributed by atoms with van der Waals surface area (Å²) in [6, 6.07) is 6.16. The van der Waals surface area contributed by atoms with Crippen molar-refractivity contribution in [3.63, 3.8) is 0 Å². The number of aromatic nitrogens is 4. The zero-order valence-electron chi connectivity index (χ0n) is 8.28. The van der Waals surface area contributed by atoms with Gasteiger partial charge in [-0.1, -0.05) is 0 Å². The minimum atomic E-state index is 1.02. The van der Waals surface area contributed by atoms with Crippen LogP contribution in [0.25, 0.3) is 22.2 Å². The Morgan fingerprint density at radius 1 is 1.13 bits per heavy atom. The maximum Gasteiger partial charge on any atom is 0.0659 e. The summed E-state index contributed by atoms with van der Waals surface area (Å²) in [5.74, 6) is 0. The van der Waals surface area contributed by atoms with Crippen molar-refractivity contribution in [1.29, 1.82) is 0 Å². The smallest absolute Gasteiger partial charge is 0.0659 e. The molecule has 3 rings (SSSR count). The summed E-state index contributed by atoms with van der Waals surface area (Å²) >= 11 is 0. The van der Waals surface area contributed by atoms with Gasteiger partial charge in [-0.15, -0.1) is 0 Å². The molecule has 0 aliphatic carbocycles. The van der Waals surface area contributed by atoms with Gasteiger partial charge in [-0.05, 0) is 30.7 Å². The highest BCUT2D eigenvalue weighted by Gasteiger charge is 2.04. The van der Waals surface area contributed by atoms with Crippen LogP contribution in [0.4, 0.5) is 0 Å². The van der Waals surface area contributed by atoms with E-state index in [1.807, 2.05) is 12.3 Å². The third kappa shape index (κ3) is 1.22. The van der Waals surface area contributed by atoms with Gasteiger partial charge in [-0.2, -0.15) is 10.2 Å². The summed E-state index contributed by atoms with van der Waals surface area (Å²) < 4.78 is 0. The van der Waals surface area contributed by atoms with E-state index < -0.39 is 0 Å². The summed E-state index contributed by atoms with van der Waals surface area (Å²) in [4.78, 5) is 0. The Morgan fingerprint density at radius 2 is 2.07 bits per heavy atom. The lowest BCUT2D eigenvalue weighted by Gasteiger charge is -2.00. The SMILES string of the molecule is Cc1cc(-c2ccn[nH]2)cc2[nH]ncc12. The van der Waals surface area contributed by atoms with Crippen LogP contribution in [-0.2, 0) is 0 Å². The molecule has 0 aliphatic heterocycles. The van der Waals surface area contributed by atoms with Crippen LogP contribution in [-0.4, -0.2) is 20.4 Å². The molecule has 2 heterocycles. The first-order valence-electron chi connectivity index (χ1n) is 4.78. The van der Waals surface area contributed by atoms with Crippen molar-refractivity contribution in [1.82, 2.24) is 20.4 Å². The third-order valence-electron chi connectivity index (χ3n) is 2.58. The average molecular weight is 198 g/mol. The predicted octanol–water partition coefficient (Wildman–Crippen LogP) is 2.26. The van der Waals surface area contributed by atoms with Crippen molar-refractivity contribution in [3.8, 4) is 11.3 Å². The number of hydrogen-bond donors (Lipinski definition) is 2. The lowest BCUT2D eigenvalue weighted by atomic mass is 10.1. The average Bonchev–Trinajstić information content (AvgIpc) is 2.88. The number of nitrogens with one attached hydrogen (secondary N) is 2. The van der Waals surface area contributed by atoms with Crippen LogP contribution >= 0.6 is 0 Å². The van der Waals surface area contributed by atoms with Gasteiger partial charge >= 0.3 is 0 Å². The molecule has 0 spiro atoms. The van der Waals surface area contributed by atoms with Crippen molar-refractivity contribution in [3.05, 3.63) is 36.2 Å². The molecule has 2 aromatic heterocycles. The van der Waals surface area contributed by atoms with E-state index in [9.17, 15) is 0 Å². The lowest BCUT2D eigenvalue weighted by molar-refractivity contribution is 1.09. The Hall–Kier alpha value is -2.10. The quantitative estimate of drug-likeness (QED) is 0.630. The molecule has 0 amide bonds.